The summed E-state index contributed by atoms with van der Waals surface area (Å²) in [5, 5.41) is 1.95. The van der Waals surface area contributed by atoms with E-state index in [-0.39, 0.29) is 12.3 Å². The summed E-state index contributed by atoms with van der Waals surface area (Å²) in [6.45, 7) is 8.45. The number of aromatic nitrogens is 1. The molecule has 39 heavy (non-hydrogen) atoms. The van der Waals surface area contributed by atoms with E-state index in [0.717, 1.165) is 44.4 Å². The topological polar surface area (TPSA) is 85.2 Å². The Morgan fingerprint density at radius 2 is 1.03 bits per heavy atom. The predicted octanol–water partition coefficient (Wildman–Crippen LogP) is 8.32. The van der Waals surface area contributed by atoms with Crippen molar-refractivity contribution < 1.29 is 32.0 Å². The average molecular weight is 574 g/mol. The van der Waals surface area contributed by atoms with Gasteiger partial charge >= 0.3 is 15.2 Å². The van der Waals surface area contributed by atoms with Crippen LogP contribution in [0.25, 0.3) is 27.5 Å². The Balaban J connectivity index is 1.88. The van der Waals surface area contributed by atoms with Gasteiger partial charge in [-0.25, -0.2) is 0 Å². The zero-order valence-corrected chi connectivity index (χ0v) is 25.0. The van der Waals surface area contributed by atoms with E-state index in [1.54, 1.807) is 7.11 Å². The second kappa shape index (κ2) is 12.8. The third-order valence-corrected chi connectivity index (χ3v) is 10.4. The van der Waals surface area contributed by atoms with E-state index in [1.807, 2.05) is 88.4 Å². The fraction of sp³-hybridized carbons (Fsp3) is 0.379. The number of hydrogen-bond donors (Lipinski definition) is 0. The molecule has 0 atom stereocenters. The lowest BCUT2D eigenvalue weighted by Gasteiger charge is -2.17. The fourth-order valence-electron chi connectivity index (χ4n) is 4.81. The lowest BCUT2D eigenvalue weighted by molar-refractivity contribution is 0.218. The standard InChI is InChI=1S/C29H37NO7P2/c1-6-34-38(31,35-7-2)20-22-10-16-28-26(18-22)27-19-23(21-39(32,36-8-3)37-9-4)11-17-29(27)30(28)24-12-14-25(33-5)15-13-24/h10-19H,6-9,20-21H2,1-5H3. The van der Waals surface area contributed by atoms with Gasteiger partial charge in [0, 0.05) is 16.5 Å². The molecule has 0 fully saturated rings. The summed E-state index contributed by atoms with van der Waals surface area (Å²) in [6.07, 6.45) is 0.340. The van der Waals surface area contributed by atoms with E-state index in [1.165, 1.54) is 0 Å². The summed E-state index contributed by atoms with van der Waals surface area (Å²) in [6, 6.07) is 19.9. The van der Waals surface area contributed by atoms with Gasteiger partial charge in [0.05, 0.1) is 56.9 Å². The number of fused-ring (bicyclic) bond motifs is 3. The molecule has 0 aliphatic heterocycles. The van der Waals surface area contributed by atoms with E-state index in [9.17, 15) is 9.13 Å². The molecule has 0 spiro atoms. The molecule has 0 aliphatic carbocycles. The summed E-state index contributed by atoms with van der Waals surface area (Å²) in [5.41, 5.74) is 4.63. The number of methoxy groups -OCH3 is 1. The van der Waals surface area contributed by atoms with E-state index >= 15 is 0 Å². The Labute approximate surface area is 230 Å². The lowest BCUT2D eigenvalue weighted by Crippen LogP contribution is -1.99. The van der Waals surface area contributed by atoms with Crippen molar-refractivity contribution in [3.8, 4) is 11.4 Å². The molecule has 4 rings (SSSR count). The highest BCUT2D eigenvalue weighted by Gasteiger charge is 2.26. The largest absolute Gasteiger partial charge is 0.497 e. The van der Waals surface area contributed by atoms with Gasteiger partial charge in [-0.05, 0) is 87.4 Å². The van der Waals surface area contributed by atoms with Crippen LogP contribution in [0.15, 0.2) is 60.7 Å². The van der Waals surface area contributed by atoms with Crippen LogP contribution in [0.1, 0.15) is 38.8 Å². The van der Waals surface area contributed by atoms with Crippen molar-refractivity contribution in [3.63, 3.8) is 0 Å². The molecule has 0 aliphatic rings. The Hall–Kier alpha value is -2.44. The number of benzene rings is 3. The van der Waals surface area contributed by atoms with E-state index < -0.39 is 15.2 Å². The zero-order chi connectivity index (χ0) is 28.0. The van der Waals surface area contributed by atoms with Gasteiger partial charge in [-0.1, -0.05) is 12.1 Å². The third kappa shape index (κ3) is 6.66. The Kier molecular flexibility index (Phi) is 9.71. The van der Waals surface area contributed by atoms with Crippen LogP contribution in [-0.4, -0.2) is 38.1 Å². The Morgan fingerprint density at radius 3 is 1.38 bits per heavy atom. The molecule has 0 radical (unpaired) electrons. The maximum atomic E-state index is 13.3. The van der Waals surface area contributed by atoms with Crippen LogP contribution in [0.3, 0.4) is 0 Å². The highest BCUT2D eigenvalue weighted by molar-refractivity contribution is 7.53. The SMILES string of the molecule is CCOP(=O)(Cc1ccc2c(c1)c1cc(CP(=O)(OCC)OCC)ccc1n2-c1ccc(OC)cc1)OCC. The van der Waals surface area contributed by atoms with Gasteiger partial charge < -0.3 is 27.4 Å². The highest BCUT2D eigenvalue weighted by Crippen LogP contribution is 2.53. The second-order valence-corrected chi connectivity index (χ2v) is 13.1. The average Bonchev–Trinajstić information content (AvgIpc) is 3.22. The van der Waals surface area contributed by atoms with Crippen LogP contribution >= 0.6 is 15.2 Å². The minimum absolute atomic E-state index is 0.170. The minimum Gasteiger partial charge on any atom is -0.497 e. The number of rotatable bonds is 14. The predicted molar refractivity (Wildman–Crippen MR) is 156 cm³/mol. The molecule has 0 unspecified atom stereocenters. The number of ether oxygens (including phenoxy) is 1. The van der Waals surface area contributed by atoms with Gasteiger partial charge in [-0.2, -0.15) is 0 Å². The van der Waals surface area contributed by atoms with Crippen LogP contribution in [0.5, 0.6) is 5.75 Å². The molecule has 1 aromatic heterocycles. The van der Waals surface area contributed by atoms with Crippen molar-refractivity contribution in [2.24, 2.45) is 0 Å². The van der Waals surface area contributed by atoms with Crippen molar-refractivity contribution in [1.29, 1.82) is 0 Å². The fourth-order valence-corrected chi connectivity index (χ4v) is 8.19. The molecule has 0 amide bonds. The van der Waals surface area contributed by atoms with Gasteiger partial charge in [0.1, 0.15) is 5.75 Å². The lowest BCUT2D eigenvalue weighted by atomic mass is 10.1. The van der Waals surface area contributed by atoms with Crippen LogP contribution in [0, 0.1) is 0 Å². The molecule has 8 nitrogen and oxygen atoms in total. The number of hydrogen-bond acceptors (Lipinski definition) is 7. The van der Waals surface area contributed by atoms with Crippen LogP contribution in [0.4, 0.5) is 0 Å². The molecule has 0 N–H and O–H groups in total. The van der Waals surface area contributed by atoms with Crippen molar-refractivity contribution in [1.82, 2.24) is 4.57 Å². The minimum atomic E-state index is -3.28. The first-order valence-electron chi connectivity index (χ1n) is 13.2. The summed E-state index contributed by atoms with van der Waals surface area (Å²) < 4.78 is 56.3. The monoisotopic (exact) mass is 573 g/mol. The van der Waals surface area contributed by atoms with E-state index in [4.69, 9.17) is 22.8 Å². The summed E-state index contributed by atoms with van der Waals surface area (Å²) >= 11 is 0. The van der Waals surface area contributed by atoms with Crippen LogP contribution in [0.2, 0.25) is 0 Å². The molecular weight excluding hydrogens is 536 g/mol. The normalized spacial score (nSPS) is 12.4. The quantitative estimate of drug-likeness (QED) is 0.140. The summed E-state index contributed by atoms with van der Waals surface area (Å²) in [7, 11) is -4.92. The molecule has 10 heteroatoms. The van der Waals surface area contributed by atoms with Gasteiger partial charge in [0.15, 0.2) is 0 Å². The highest BCUT2D eigenvalue weighted by atomic mass is 31.2. The number of nitrogens with zero attached hydrogens (tertiary/aromatic N) is 1. The Bertz CT molecular complexity index is 1400. The van der Waals surface area contributed by atoms with Gasteiger partial charge in [0.25, 0.3) is 0 Å². The van der Waals surface area contributed by atoms with Crippen molar-refractivity contribution in [3.05, 3.63) is 71.8 Å². The molecule has 0 bridgehead atoms. The maximum absolute atomic E-state index is 13.3. The van der Waals surface area contributed by atoms with Gasteiger partial charge in [-0.15, -0.1) is 0 Å². The van der Waals surface area contributed by atoms with Crippen LogP contribution in [-0.2, 0) is 39.5 Å². The maximum Gasteiger partial charge on any atom is 0.335 e. The summed E-state index contributed by atoms with van der Waals surface area (Å²) in [5.74, 6) is 0.772. The van der Waals surface area contributed by atoms with Crippen molar-refractivity contribution in [2.45, 2.75) is 40.0 Å². The summed E-state index contributed by atoms with van der Waals surface area (Å²) in [4.78, 5) is 0. The molecule has 210 valence electrons. The van der Waals surface area contributed by atoms with Gasteiger partial charge in [-0.3, -0.25) is 9.13 Å². The van der Waals surface area contributed by atoms with E-state index in [2.05, 4.69) is 4.57 Å². The third-order valence-electron chi connectivity index (χ3n) is 6.28. The Morgan fingerprint density at radius 1 is 0.615 bits per heavy atom. The van der Waals surface area contributed by atoms with Crippen molar-refractivity contribution >= 4 is 37.0 Å². The zero-order valence-electron chi connectivity index (χ0n) is 23.2. The molecule has 4 aromatic rings. The second-order valence-electron chi connectivity index (χ2n) is 8.95. The smallest absolute Gasteiger partial charge is 0.335 e. The molecular formula is C29H37NO7P2. The molecule has 0 saturated heterocycles. The van der Waals surface area contributed by atoms with E-state index in [0.29, 0.717) is 26.4 Å². The molecule has 1 heterocycles. The van der Waals surface area contributed by atoms with Crippen LogP contribution < -0.4 is 4.74 Å². The first-order valence-corrected chi connectivity index (χ1v) is 16.7. The first-order chi connectivity index (χ1) is 18.8. The van der Waals surface area contributed by atoms with Crippen molar-refractivity contribution in [2.75, 3.05) is 33.5 Å². The van der Waals surface area contributed by atoms with Gasteiger partial charge in [0.2, 0.25) is 0 Å². The molecule has 3 aromatic carbocycles. The first kappa shape index (κ1) is 29.5. The molecule has 0 saturated carbocycles.